The normalized spacial score (nSPS) is 12.0. The van der Waals surface area contributed by atoms with E-state index in [1.807, 2.05) is 32.0 Å². The molecule has 0 saturated heterocycles. The van der Waals surface area contributed by atoms with Crippen molar-refractivity contribution in [1.82, 2.24) is 5.32 Å². The summed E-state index contributed by atoms with van der Waals surface area (Å²) < 4.78 is 1.01. The summed E-state index contributed by atoms with van der Waals surface area (Å²) in [5.41, 5.74) is 1.81. The lowest BCUT2D eigenvalue weighted by molar-refractivity contribution is 0.241. The van der Waals surface area contributed by atoms with Crippen molar-refractivity contribution in [1.29, 1.82) is 0 Å². The van der Waals surface area contributed by atoms with Crippen molar-refractivity contribution in [2.75, 3.05) is 11.9 Å². The predicted octanol–water partition coefficient (Wildman–Crippen LogP) is 2.65. The molecule has 0 aromatic heterocycles. The van der Waals surface area contributed by atoms with Crippen LogP contribution in [0, 0.1) is 6.92 Å². The van der Waals surface area contributed by atoms with Crippen molar-refractivity contribution in [2.24, 2.45) is 0 Å². The molecule has 0 unspecified atom stereocenters. The van der Waals surface area contributed by atoms with Gasteiger partial charge in [-0.1, -0.05) is 15.9 Å². The maximum Gasteiger partial charge on any atom is 0.319 e. The smallest absolute Gasteiger partial charge is 0.319 e. The zero-order valence-corrected chi connectivity index (χ0v) is 11.5. The van der Waals surface area contributed by atoms with E-state index < -0.39 is 0 Å². The maximum absolute atomic E-state index is 11.6. The van der Waals surface area contributed by atoms with Crippen LogP contribution in [0.4, 0.5) is 10.5 Å². The fourth-order valence-electron chi connectivity index (χ4n) is 1.38. The molecule has 1 aromatic rings. The highest BCUT2D eigenvalue weighted by Crippen LogP contribution is 2.19. The molecule has 0 aliphatic carbocycles. The van der Waals surface area contributed by atoms with E-state index in [9.17, 15) is 4.79 Å². The van der Waals surface area contributed by atoms with Crippen molar-refractivity contribution in [2.45, 2.75) is 26.3 Å². The van der Waals surface area contributed by atoms with Gasteiger partial charge in [0.2, 0.25) is 0 Å². The number of aliphatic hydroxyl groups excluding tert-OH is 1. The third-order valence-electron chi connectivity index (χ3n) is 2.36. The van der Waals surface area contributed by atoms with Crippen LogP contribution in [-0.4, -0.2) is 23.8 Å². The molecule has 0 bridgehead atoms. The first-order chi connectivity index (χ1) is 8.02. The van der Waals surface area contributed by atoms with Crippen molar-refractivity contribution < 1.29 is 9.90 Å². The molecule has 5 heteroatoms. The number of hydrogen-bond acceptors (Lipinski definition) is 2. The predicted molar refractivity (Wildman–Crippen MR) is 72.2 cm³/mol. The molecule has 0 aliphatic rings. The zero-order chi connectivity index (χ0) is 12.8. The second-order valence-electron chi connectivity index (χ2n) is 3.98. The van der Waals surface area contributed by atoms with Crippen LogP contribution in [0.15, 0.2) is 22.7 Å². The topological polar surface area (TPSA) is 61.4 Å². The van der Waals surface area contributed by atoms with Crippen LogP contribution in [0.5, 0.6) is 0 Å². The van der Waals surface area contributed by atoms with Gasteiger partial charge >= 0.3 is 6.03 Å². The molecule has 1 atom stereocenters. The van der Waals surface area contributed by atoms with E-state index >= 15 is 0 Å². The fourth-order valence-corrected chi connectivity index (χ4v) is 1.63. The molecule has 0 aliphatic heterocycles. The third-order valence-corrected chi connectivity index (χ3v) is 3.25. The van der Waals surface area contributed by atoms with Crippen LogP contribution < -0.4 is 10.6 Å². The first kappa shape index (κ1) is 14.0. The van der Waals surface area contributed by atoms with Gasteiger partial charge in [0.25, 0.3) is 0 Å². The monoisotopic (exact) mass is 300 g/mol. The van der Waals surface area contributed by atoms with E-state index in [4.69, 9.17) is 5.11 Å². The minimum absolute atomic E-state index is 0.0449. The molecule has 0 fully saturated rings. The molecule has 0 radical (unpaired) electrons. The summed E-state index contributed by atoms with van der Waals surface area (Å²) in [5, 5.41) is 14.2. The molecule has 3 N–H and O–H groups in total. The van der Waals surface area contributed by atoms with E-state index in [2.05, 4.69) is 26.6 Å². The lowest BCUT2D eigenvalue weighted by Gasteiger charge is -2.13. The molecule has 4 nitrogen and oxygen atoms in total. The summed E-state index contributed by atoms with van der Waals surface area (Å²) in [6, 6.07) is 5.31. The Bertz CT molecular complexity index is 396. The Hall–Kier alpha value is -1.07. The molecule has 0 spiro atoms. The minimum atomic E-state index is -0.257. The van der Waals surface area contributed by atoms with Crippen molar-refractivity contribution >= 4 is 27.6 Å². The lowest BCUT2D eigenvalue weighted by Crippen LogP contribution is -2.36. The molecule has 0 heterocycles. The van der Waals surface area contributed by atoms with Crippen LogP contribution in [-0.2, 0) is 0 Å². The van der Waals surface area contributed by atoms with Gasteiger partial charge in [0.05, 0.1) is 0 Å². The van der Waals surface area contributed by atoms with E-state index in [-0.39, 0.29) is 18.7 Å². The van der Waals surface area contributed by atoms with Gasteiger partial charge in [0, 0.05) is 22.8 Å². The molecule has 1 aromatic carbocycles. The summed E-state index contributed by atoms with van der Waals surface area (Å²) in [7, 11) is 0. The van der Waals surface area contributed by atoms with Gasteiger partial charge in [-0.2, -0.15) is 0 Å². The van der Waals surface area contributed by atoms with Gasteiger partial charge in [-0.3, -0.25) is 0 Å². The number of carbonyl (C=O) groups is 1. The number of anilines is 1. The van der Waals surface area contributed by atoms with Crippen LogP contribution in [0.25, 0.3) is 0 Å². The van der Waals surface area contributed by atoms with E-state index in [0.29, 0.717) is 6.42 Å². The van der Waals surface area contributed by atoms with Gasteiger partial charge in [0.1, 0.15) is 0 Å². The van der Waals surface area contributed by atoms with Crippen LogP contribution in [0.2, 0.25) is 0 Å². The van der Waals surface area contributed by atoms with Gasteiger partial charge in [-0.05, 0) is 44.0 Å². The van der Waals surface area contributed by atoms with E-state index in [0.717, 1.165) is 15.7 Å². The van der Waals surface area contributed by atoms with Crippen molar-refractivity contribution in [3.05, 3.63) is 28.2 Å². The summed E-state index contributed by atoms with van der Waals surface area (Å²) in [6.07, 6.45) is 0.548. The van der Waals surface area contributed by atoms with Crippen LogP contribution in [0.1, 0.15) is 18.9 Å². The Kier molecular flexibility index (Phi) is 5.44. The molecule has 17 heavy (non-hydrogen) atoms. The quantitative estimate of drug-likeness (QED) is 0.800. The number of hydrogen-bond donors (Lipinski definition) is 3. The molecular formula is C12H17BrN2O2. The Morgan fingerprint density at radius 2 is 2.24 bits per heavy atom. The zero-order valence-electron chi connectivity index (χ0n) is 9.96. The number of benzene rings is 1. The SMILES string of the molecule is Cc1cc(NC(=O)N[C@H](C)CCO)ccc1Br. The average Bonchev–Trinajstić information content (AvgIpc) is 2.23. The van der Waals surface area contributed by atoms with Gasteiger partial charge in [-0.25, -0.2) is 4.79 Å². The summed E-state index contributed by atoms with van der Waals surface area (Å²) >= 11 is 3.40. The fraction of sp³-hybridized carbons (Fsp3) is 0.417. The average molecular weight is 301 g/mol. The number of urea groups is 1. The Labute approximate surface area is 110 Å². The third kappa shape index (κ3) is 4.75. The number of carbonyl (C=O) groups excluding carboxylic acids is 1. The first-order valence-corrected chi connectivity index (χ1v) is 6.26. The summed E-state index contributed by atoms with van der Waals surface area (Å²) in [4.78, 5) is 11.6. The van der Waals surface area contributed by atoms with E-state index in [1.54, 1.807) is 0 Å². The maximum atomic E-state index is 11.6. The van der Waals surface area contributed by atoms with Crippen LogP contribution in [0.3, 0.4) is 0 Å². The lowest BCUT2D eigenvalue weighted by atomic mass is 10.2. The molecule has 94 valence electrons. The highest BCUT2D eigenvalue weighted by atomic mass is 79.9. The number of nitrogens with one attached hydrogen (secondary N) is 2. The summed E-state index contributed by atoms with van der Waals surface area (Å²) in [5.74, 6) is 0. The molecule has 2 amide bonds. The van der Waals surface area contributed by atoms with Crippen molar-refractivity contribution in [3.63, 3.8) is 0 Å². The molecule has 0 saturated carbocycles. The molecule has 1 rings (SSSR count). The van der Waals surface area contributed by atoms with Gasteiger partial charge in [-0.15, -0.1) is 0 Å². The number of aliphatic hydroxyl groups is 1. The highest BCUT2D eigenvalue weighted by molar-refractivity contribution is 9.10. The first-order valence-electron chi connectivity index (χ1n) is 5.47. The minimum Gasteiger partial charge on any atom is -0.396 e. The highest BCUT2D eigenvalue weighted by Gasteiger charge is 2.07. The Balaban J connectivity index is 2.53. The second-order valence-corrected chi connectivity index (χ2v) is 4.83. The molecular weight excluding hydrogens is 284 g/mol. The van der Waals surface area contributed by atoms with Gasteiger partial charge in [0.15, 0.2) is 0 Å². The Morgan fingerprint density at radius 1 is 1.53 bits per heavy atom. The number of rotatable bonds is 4. The number of amides is 2. The number of aryl methyl sites for hydroxylation is 1. The van der Waals surface area contributed by atoms with Crippen LogP contribution >= 0.6 is 15.9 Å². The number of halogens is 1. The standard InChI is InChI=1S/C12H17BrN2O2/c1-8-7-10(3-4-11(8)13)15-12(17)14-9(2)5-6-16/h3-4,7,9,16H,5-6H2,1-2H3,(H2,14,15,17)/t9-/m1/s1. The van der Waals surface area contributed by atoms with Crippen molar-refractivity contribution in [3.8, 4) is 0 Å². The second kappa shape index (κ2) is 6.61. The Morgan fingerprint density at radius 3 is 2.82 bits per heavy atom. The van der Waals surface area contributed by atoms with E-state index in [1.165, 1.54) is 0 Å². The van der Waals surface area contributed by atoms with Gasteiger partial charge < -0.3 is 15.7 Å². The largest absolute Gasteiger partial charge is 0.396 e. The summed E-state index contributed by atoms with van der Waals surface area (Å²) in [6.45, 7) is 3.88.